The smallest absolute Gasteiger partial charge is 0.277 e. The number of hydrogen-bond donors (Lipinski definition) is 4. The van der Waals surface area contributed by atoms with Crippen LogP contribution < -0.4 is 26.8 Å². The number of anilines is 3. The number of rotatable bonds is 7. The van der Waals surface area contributed by atoms with Gasteiger partial charge in [0.15, 0.2) is 5.82 Å². The van der Waals surface area contributed by atoms with Crippen LogP contribution in [0.25, 0.3) is 0 Å². The number of H-pyrrole nitrogens is 1. The number of nitrogen functional groups attached to an aromatic ring is 1. The second kappa shape index (κ2) is 7.02. The van der Waals surface area contributed by atoms with Gasteiger partial charge in [0.05, 0.1) is 13.0 Å². The lowest BCUT2D eigenvalue weighted by Crippen LogP contribution is -2.31. The van der Waals surface area contributed by atoms with Crippen LogP contribution in [0.5, 0.6) is 0 Å². The summed E-state index contributed by atoms with van der Waals surface area (Å²) in [6, 6.07) is 0. The van der Waals surface area contributed by atoms with E-state index in [2.05, 4.69) is 25.6 Å². The van der Waals surface area contributed by atoms with Gasteiger partial charge in [-0.2, -0.15) is 4.98 Å². The monoisotopic (exact) mass is 332 g/mol. The highest BCUT2D eigenvalue weighted by Crippen LogP contribution is 2.25. The number of aromatic amines is 1. The summed E-state index contributed by atoms with van der Waals surface area (Å²) in [5.41, 5.74) is 5.66. The van der Waals surface area contributed by atoms with Gasteiger partial charge in [0.1, 0.15) is 5.69 Å². The Balaban J connectivity index is 1.42. The van der Waals surface area contributed by atoms with E-state index >= 15 is 0 Å². The van der Waals surface area contributed by atoms with E-state index in [1.54, 1.807) is 12.5 Å². The molecule has 0 atom stereocenters. The number of carbonyl (C=O) groups is 1. The van der Waals surface area contributed by atoms with E-state index in [1.165, 1.54) is 0 Å². The predicted octanol–water partition coefficient (Wildman–Crippen LogP) is -0.665. The highest BCUT2D eigenvalue weighted by Gasteiger charge is 2.23. The van der Waals surface area contributed by atoms with Gasteiger partial charge in [-0.15, -0.1) is 0 Å². The maximum absolute atomic E-state index is 11.9. The lowest BCUT2D eigenvalue weighted by atomic mass is 10.3. The summed E-state index contributed by atoms with van der Waals surface area (Å²) < 4.78 is 1.96. The third-order valence-corrected chi connectivity index (χ3v) is 3.75. The molecule has 24 heavy (non-hydrogen) atoms. The summed E-state index contributed by atoms with van der Waals surface area (Å²) in [5, 5.41) is 5.84. The predicted molar refractivity (Wildman–Crippen MR) is 89.6 cm³/mol. The largest absolute Gasteiger partial charge is 0.369 e. The van der Waals surface area contributed by atoms with Gasteiger partial charge in [-0.05, 0) is 6.42 Å². The van der Waals surface area contributed by atoms with Gasteiger partial charge in [0, 0.05) is 38.4 Å². The fourth-order valence-corrected chi connectivity index (χ4v) is 2.53. The zero-order chi connectivity index (χ0) is 16.9. The Hall–Kier alpha value is -3.04. The first kappa shape index (κ1) is 15.8. The number of nitrogens with zero attached hydrogens (tertiary/aromatic N) is 4. The summed E-state index contributed by atoms with van der Waals surface area (Å²) in [4.78, 5) is 36.0. The number of aromatic nitrogens is 4. The van der Waals surface area contributed by atoms with Crippen molar-refractivity contribution < 1.29 is 4.79 Å². The Morgan fingerprint density at radius 3 is 3.08 bits per heavy atom. The Morgan fingerprint density at radius 1 is 1.42 bits per heavy atom. The van der Waals surface area contributed by atoms with Crippen LogP contribution in [-0.2, 0) is 11.3 Å². The molecule has 3 rings (SSSR count). The Morgan fingerprint density at radius 2 is 2.29 bits per heavy atom. The standard InChI is InChI=1S/C14H20N8O2/c15-14-19-12-11(13(24)20-14)18-9-22(12)6-2-10(23)17-3-1-5-21-7-4-16-8-21/h4,7-8,18H,1-3,5-6,9H2,(H,17,23)(H3,15,19,20,24). The molecule has 128 valence electrons. The second-order valence-electron chi connectivity index (χ2n) is 5.50. The van der Waals surface area contributed by atoms with E-state index in [9.17, 15) is 9.59 Å². The molecule has 0 saturated carbocycles. The van der Waals surface area contributed by atoms with Crippen molar-refractivity contribution in [2.45, 2.75) is 19.4 Å². The molecule has 3 heterocycles. The Labute approximate surface area is 138 Å². The number of nitrogens with one attached hydrogen (secondary N) is 3. The molecule has 0 aromatic carbocycles. The topological polar surface area (TPSA) is 134 Å². The van der Waals surface area contributed by atoms with Gasteiger partial charge in [0.25, 0.3) is 5.56 Å². The summed E-state index contributed by atoms with van der Waals surface area (Å²) in [7, 11) is 0. The van der Waals surface area contributed by atoms with Crippen LogP contribution in [0.3, 0.4) is 0 Å². The first-order valence-electron chi connectivity index (χ1n) is 7.74. The minimum Gasteiger partial charge on any atom is -0.369 e. The number of amides is 1. The van der Waals surface area contributed by atoms with Crippen molar-refractivity contribution in [3.63, 3.8) is 0 Å². The summed E-state index contributed by atoms with van der Waals surface area (Å²) in [5.74, 6) is 0.521. The number of carbonyl (C=O) groups excluding carboxylic acids is 1. The van der Waals surface area contributed by atoms with Crippen molar-refractivity contribution in [2.75, 3.05) is 35.7 Å². The average Bonchev–Trinajstić information content (AvgIpc) is 3.19. The maximum atomic E-state index is 11.9. The van der Waals surface area contributed by atoms with Crippen LogP contribution >= 0.6 is 0 Å². The summed E-state index contributed by atoms with van der Waals surface area (Å²) in [6.07, 6.45) is 6.52. The molecule has 0 fully saturated rings. The van der Waals surface area contributed by atoms with Crippen LogP contribution in [-0.4, -0.2) is 45.2 Å². The SMILES string of the molecule is Nc1nc2c(c(=O)[nH]1)NCN2CCC(=O)NCCCn1ccnc1. The van der Waals surface area contributed by atoms with Crippen LogP contribution in [0.15, 0.2) is 23.5 Å². The van der Waals surface area contributed by atoms with Crippen LogP contribution in [0, 0.1) is 0 Å². The molecule has 0 radical (unpaired) electrons. The van der Waals surface area contributed by atoms with Gasteiger partial charge < -0.3 is 25.8 Å². The quantitative estimate of drug-likeness (QED) is 0.494. The van der Waals surface area contributed by atoms with Crippen LogP contribution in [0.2, 0.25) is 0 Å². The van der Waals surface area contributed by atoms with E-state index in [4.69, 9.17) is 5.73 Å². The minimum atomic E-state index is -0.302. The molecule has 1 amide bonds. The first-order valence-corrected chi connectivity index (χ1v) is 7.74. The highest BCUT2D eigenvalue weighted by molar-refractivity contribution is 5.77. The Kier molecular flexibility index (Phi) is 4.64. The van der Waals surface area contributed by atoms with Gasteiger partial charge in [-0.3, -0.25) is 14.6 Å². The highest BCUT2D eigenvalue weighted by atomic mass is 16.1. The molecule has 10 heteroatoms. The molecule has 0 bridgehead atoms. The Bertz CT molecular complexity index is 755. The molecule has 2 aromatic heterocycles. The van der Waals surface area contributed by atoms with Crippen molar-refractivity contribution in [3.8, 4) is 0 Å². The zero-order valence-corrected chi connectivity index (χ0v) is 13.2. The van der Waals surface area contributed by atoms with Gasteiger partial charge in [-0.25, -0.2) is 4.98 Å². The molecule has 0 aliphatic carbocycles. The van der Waals surface area contributed by atoms with Gasteiger partial charge >= 0.3 is 0 Å². The molecule has 10 nitrogen and oxygen atoms in total. The minimum absolute atomic E-state index is 0.0353. The average molecular weight is 332 g/mol. The number of fused-ring (bicyclic) bond motifs is 1. The van der Waals surface area contributed by atoms with Crippen molar-refractivity contribution in [1.82, 2.24) is 24.8 Å². The van der Waals surface area contributed by atoms with Crippen molar-refractivity contribution in [1.29, 1.82) is 0 Å². The number of nitrogens with two attached hydrogens (primary N) is 1. The van der Waals surface area contributed by atoms with E-state index in [1.807, 2.05) is 15.7 Å². The van der Waals surface area contributed by atoms with Crippen LogP contribution in [0.1, 0.15) is 12.8 Å². The molecule has 5 N–H and O–H groups in total. The first-order chi connectivity index (χ1) is 11.6. The van der Waals surface area contributed by atoms with Gasteiger partial charge in [0.2, 0.25) is 11.9 Å². The molecule has 0 spiro atoms. The summed E-state index contributed by atoms with van der Waals surface area (Å²) >= 11 is 0. The lowest BCUT2D eigenvalue weighted by molar-refractivity contribution is -0.120. The van der Waals surface area contributed by atoms with E-state index < -0.39 is 0 Å². The summed E-state index contributed by atoms with van der Waals surface area (Å²) in [6.45, 7) is 2.32. The maximum Gasteiger partial charge on any atom is 0.277 e. The molecular weight excluding hydrogens is 312 g/mol. The third-order valence-electron chi connectivity index (χ3n) is 3.75. The van der Waals surface area contributed by atoms with E-state index in [-0.39, 0.29) is 17.4 Å². The second-order valence-corrected chi connectivity index (χ2v) is 5.50. The number of hydrogen-bond acceptors (Lipinski definition) is 7. The van der Waals surface area contributed by atoms with E-state index in [0.29, 0.717) is 37.7 Å². The molecular formula is C14H20N8O2. The zero-order valence-electron chi connectivity index (χ0n) is 13.2. The van der Waals surface area contributed by atoms with Crippen molar-refractivity contribution in [2.24, 2.45) is 0 Å². The molecule has 2 aromatic rings. The fourth-order valence-electron chi connectivity index (χ4n) is 2.53. The molecule has 0 saturated heterocycles. The molecule has 0 unspecified atom stereocenters. The number of aryl methyl sites for hydroxylation is 1. The molecule has 1 aliphatic rings. The fraction of sp³-hybridized carbons (Fsp3) is 0.429. The molecule has 1 aliphatic heterocycles. The van der Waals surface area contributed by atoms with Gasteiger partial charge in [-0.1, -0.05) is 0 Å². The number of imidazole rings is 1. The normalized spacial score (nSPS) is 12.8. The lowest BCUT2D eigenvalue weighted by Gasteiger charge is -2.16. The van der Waals surface area contributed by atoms with Crippen molar-refractivity contribution >= 4 is 23.4 Å². The van der Waals surface area contributed by atoms with Crippen molar-refractivity contribution in [3.05, 3.63) is 29.1 Å². The third kappa shape index (κ3) is 3.65. The van der Waals surface area contributed by atoms with Crippen LogP contribution in [0.4, 0.5) is 17.5 Å². The van der Waals surface area contributed by atoms with E-state index in [0.717, 1.165) is 13.0 Å².